The summed E-state index contributed by atoms with van der Waals surface area (Å²) in [5.41, 5.74) is 2.44. The highest BCUT2D eigenvalue weighted by Crippen LogP contribution is 2.33. The summed E-state index contributed by atoms with van der Waals surface area (Å²) in [6.45, 7) is 0.677. The maximum absolute atomic E-state index is 13.3. The molecule has 0 aliphatic carbocycles. The molecule has 0 saturated heterocycles. The van der Waals surface area contributed by atoms with Crippen LogP contribution in [0.15, 0.2) is 41.3 Å². The minimum atomic E-state index is -0.884. The lowest BCUT2D eigenvalue weighted by atomic mass is 10.1. The predicted molar refractivity (Wildman–Crippen MR) is 106 cm³/mol. The summed E-state index contributed by atoms with van der Waals surface area (Å²) in [5, 5.41) is 20.3. The van der Waals surface area contributed by atoms with E-state index in [1.807, 2.05) is 0 Å². The van der Waals surface area contributed by atoms with E-state index >= 15 is 0 Å². The SMILES string of the molecule is CNc1n[nH]c(-c2n[nH]c(CNCc3ccc(F)c(F)c3)n2)c1-c1ccc(=O)[nH]c1. The van der Waals surface area contributed by atoms with Crippen molar-refractivity contribution in [1.29, 1.82) is 0 Å². The zero-order valence-corrected chi connectivity index (χ0v) is 15.9. The molecule has 4 rings (SSSR count). The van der Waals surface area contributed by atoms with Gasteiger partial charge in [0.1, 0.15) is 11.5 Å². The fourth-order valence-corrected chi connectivity index (χ4v) is 2.99. The molecule has 3 aromatic heterocycles. The van der Waals surface area contributed by atoms with E-state index in [1.165, 1.54) is 12.1 Å². The number of aromatic nitrogens is 6. The molecule has 0 fully saturated rings. The van der Waals surface area contributed by atoms with Gasteiger partial charge >= 0.3 is 0 Å². The second-order valence-electron chi connectivity index (χ2n) is 6.47. The summed E-state index contributed by atoms with van der Waals surface area (Å²) in [6.07, 6.45) is 1.59. The topological polar surface area (TPSA) is 127 Å². The average molecular weight is 412 g/mol. The van der Waals surface area contributed by atoms with Gasteiger partial charge in [0.25, 0.3) is 0 Å². The lowest BCUT2D eigenvalue weighted by Crippen LogP contribution is -2.14. The zero-order valence-electron chi connectivity index (χ0n) is 15.9. The van der Waals surface area contributed by atoms with Gasteiger partial charge in [0.05, 0.1) is 12.1 Å². The van der Waals surface area contributed by atoms with Gasteiger partial charge in [-0.3, -0.25) is 15.0 Å². The van der Waals surface area contributed by atoms with Gasteiger partial charge in [0.15, 0.2) is 23.3 Å². The van der Waals surface area contributed by atoms with Crippen LogP contribution in [0.25, 0.3) is 22.6 Å². The summed E-state index contributed by atoms with van der Waals surface area (Å²) in [4.78, 5) is 18.5. The van der Waals surface area contributed by atoms with Gasteiger partial charge in [-0.1, -0.05) is 6.07 Å². The number of nitrogens with one attached hydrogen (secondary N) is 5. The minimum absolute atomic E-state index is 0.206. The molecule has 0 saturated carbocycles. The highest BCUT2D eigenvalue weighted by atomic mass is 19.2. The molecule has 5 N–H and O–H groups in total. The third-order valence-corrected chi connectivity index (χ3v) is 4.44. The van der Waals surface area contributed by atoms with E-state index in [2.05, 4.69) is 41.0 Å². The minimum Gasteiger partial charge on any atom is -0.371 e. The summed E-state index contributed by atoms with van der Waals surface area (Å²) >= 11 is 0. The van der Waals surface area contributed by atoms with E-state index in [0.717, 1.165) is 17.7 Å². The second-order valence-corrected chi connectivity index (χ2v) is 6.47. The fourth-order valence-electron chi connectivity index (χ4n) is 2.99. The molecular formula is C19H18F2N8O. The smallest absolute Gasteiger partial charge is 0.247 e. The molecule has 3 heterocycles. The second kappa shape index (κ2) is 8.25. The van der Waals surface area contributed by atoms with Gasteiger partial charge in [-0.2, -0.15) is 10.2 Å². The normalized spacial score (nSPS) is 11.0. The lowest BCUT2D eigenvalue weighted by Gasteiger charge is -2.04. The number of H-pyrrole nitrogens is 3. The molecule has 1 aromatic carbocycles. The molecule has 0 unspecified atom stereocenters. The van der Waals surface area contributed by atoms with Crippen LogP contribution in [-0.2, 0) is 13.1 Å². The first-order valence-corrected chi connectivity index (χ1v) is 9.06. The van der Waals surface area contributed by atoms with Crippen molar-refractivity contribution in [2.24, 2.45) is 0 Å². The fraction of sp³-hybridized carbons (Fsp3) is 0.158. The number of aromatic amines is 3. The maximum Gasteiger partial charge on any atom is 0.247 e. The first-order chi connectivity index (χ1) is 14.5. The summed E-state index contributed by atoms with van der Waals surface area (Å²) < 4.78 is 26.3. The van der Waals surface area contributed by atoms with Crippen molar-refractivity contribution in [3.63, 3.8) is 0 Å². The third kappa shape index (κ3) is 3.96. The highest BCUT2D eigenvalue weighted by molar-refractivity contribution is 5.86. The van der Waals surface area contributed by atoms with E-state index in [0.29, 0.717) is 47.4 Å². The third-order valence-electron chi connectivity index (χ3n) is 4.44. The van der Waals surface area contributed by atoms with Gasteiger partial charge < -0.3 is 15.6 Å². The summed E-state index contributed by atoms with van der Waals surface area (Å²) in [5.74, 6) is -0.224. The van der Waals surface area contributed by atoms with Crippen LogP contribution in [-0.4, -0.2) is 37.4 Å². The first-order valence-electron chi connectivity index (χ1n) is 9.06. The van der Waals surface area contributed by atoms with Gasteiger partial charge in [-0.05, 0) is 23.8 Å². The predicted octanol–water partition coefficient (Wildman–Crippen LogP) is 2.16. The van der Waals surface area contributed by atoms with Crippen LogP contribution >= 0.6 is 0 Å². The van der Waals surface area contributed by atoms with Crippen LogP contribution in [0.2, 0.25) is 0 Å². The summed E-state index contributed by atoms with van der Waals surface area (Å²) in [7, 11) is 1.74. The van der Waals surface area contributed by atoms with Crippen LogP contribution in [0.3, 0.4) is 0 Å². The van der Waals surface area contributed by atoms with E-state index < -0.39 is 11.6 Å². The molecule has 11 heteroatoms. The van der Waals surface area contributed by atoms with Gasteiger partial charge in [-0.25, -0.2) is 13.8 Å². The monoisotopic (exact) mass is 412 g/mol. The van der Waals surface area contributed by atoms with Crippen molar-refractivity contribution < 1.29 is 8.78 Å². The molecule has 9 nitrogen and oxygen atoms in total. The van der Waals surface area contributed by atoms with Crippen LogP contribution in [0.4, 0.5) is 14.6 Å². The van der Waals surface area contributed by atoms with Crippen molar-refractivity contribution in [1.82, 2.24) is 35.7 Å². The molecule has 0 atom stereocenters. The average Bonchev–Trinajstić information content (AvgIpc) is 3.38. The zero-order chi connectivity index (χ0) is 21.1. The Morgan fingerprint density at radius 1 is 1.03 bits per heavy atom. The lowest BCUT2D eigenvalue weighted by molar-refractivity contribution is 0.506. The van der Waals surface area contributed by atoms with Gasteiger partial charge in [0.2, 0.25) is 5.56 Å². The van der Waals surface area contributed by atoms with Crippen LogP contribution in [0, 0.1) is 11.6 Å². The largest absolute Gasteiger partial charge is 0.371 e. The van der Waals surface area contributed by atoms with Gasteiger partial charge in [0, 0.05) is 31.4 Å². The molecule has 0 spiro atoms. The number of nitrogens with zero attached hydrogens (tertiary/aromatic N) is 3. The molecule has 0 amide bonds. The molecule has 0 aliphatic heterocycles. The number of pyridine rings is 1. The standard InChI is InChI=1S/C19H18F2N8O/c1-22-18-16(11-3-5-15(30)24-8-11)17(27-28-18)19-25-14(26-29-19)9-23-7-10-2-4-12(20)13(21)6-10/h2-6,8,23H,7,9H2,1H3,(H,24,30)(H2,22,27,28)(H,25,26,29). The van der Waals surface area contributed by atoms with Crippen molar-refractivity contribution in [3.8, 4) is 22.6 Å². The Labute approximate surface area is 169 Å². The molecule has 0 radical (unpaired) electrons. The number of halogens is 2. The quantitative estimate of drug-likeness (QED) is 0.317. The van der Waals surface area contributed by atoms with Crippen molar-refractivity contribution in [2.45, 2.75) is 13.1 Å². The van der Waals surface area contributed by atoms with Crippen LogP contribution in [0.5, 0.6) is 0 Å². The Bertz CT molecular complexity index is 1210. The Balaban J connectivity index is 1.51. The molecule has 4 aromatic rings. The summed E-state index contributed by atoms with van der Waals surface area (Å²) in [6, 6.07) is 6.86. The van der Waals surface area contributed by atoms with Crippen molar-refractivity contribution in [2.75, 3.05) is 12.4 Å². The van der Waals surface area contributed by atoms with Crippen LogP contribution < -0.4 is 16.2 Å². The van der Waals surface area contributed by atoms with E-state index in [9.17, 15) is 13.6 Å². The van der Waals surface area contributed by atoms with Crippen molar-refractivity contribution in [3.05, 3.63) is 69.9 Å². The number of rotatable bonds is 7. The highest BCUT2D eigenvalue weighted by Gasteiger charge is 2.19. The molecule has 154 valence electrons. The van der Waals surface area contributed by atoms with Crippen LogP contribution in [0.1, 0.15) is 11.4 Å². The first kappa shape index (κ1) is 19.5. The van der Waals surface area contributed by atoms with E-state index in [1.54, 1.807) is 19.3 Å². The Hall–Kier alpha value is -3.86. The maximum atomic E-state index is 13.3. The number of hydrogen-bond acceptors (Lipinski definition) is 6. The van der Waals surface area contributed by atoms with E-state index in [4.69, 9.17) is 0 Å². The number of benzene rings is 1. The molecule has 0 aliphatic rings. The van der Waals surface area contributed by atoms with E-state index in [-0.39, 0.29) is 5.56 Å². The van der Waals surface area contributed by atoms with Crippen molar-refractivity contribution >= 4 is 5.82 Å². The molecule has 30 heavy (non-hydrogen) atoms. The Kier molecular flexibility index (Phi) is 5.35. The number of anilines is 1. The Morgan fingerprint density at radius 3 is 2.63 bits per heavy atom. The Morgan fingerprint density at radius 2 is 1.90 bits per heavy atom. The number of hydrogen-bond donors (Lipinski definition) is 5. The van der Waals surface area contributed by atoms with Gasteiger partial charge in [-0.15, -0.1) is 0 Å². The molecule has 0 bridgehead atoms. The molecular weight excluding hydrogens is 394 g/mol.